The molecule has 2 aromatic rings. The molecule has 0 fully saturated rings. The van der Waals surface area contributed by atoms with Crippen LogP contribution in [0.5, 0.6) is 11.5 Å². The first kappa shape index (κ1) is 21.8. The van der Waals surface area contributed by atoms with Crippen molar-refractivity contribution in [3.8, 4) is 17.6 Å². The maximum absolute atomic E-state index is 12.3. The zero-order valence-electron chi connectivity index (χ0n) is 16.6. The number of aliphatic imine (C=N–C) groups is 2. The maximum atomic E-state index is 12.3. The van der Waals surface area contributed by atoms with Gasteiger partial charge in [-0.15, -0.1) is 0 Å². The minimum absolute atomic E-state index is 0.0165. The third-order valence-corrected chi connectivity index (χ3v) is 4.41. The van der Waals surface area contributed by atoms with E-state index in [9.17, 15) is 14.7 Å². The number of ether oxygens (including phenoxy) is 2. The fraction of sp³-hybridized carbons (Fsp3) is 0.190. The molecular weight excluding hydrogens is 424 g/mol. The van der Waals surface area contributed by atoms with Crippen LogP contribution in [0.4, 0.5) is 0 Å². The molecule has 158 valence electrons. The normalized spacial score (nSPS) is 12.8. The van der Waals surface area contributed by atoms with Crippen molar-refractivity contribution < 1.29 is 24.2 Å². The summed E-state index contributed by atoms with van der Waals surface area (Å²) in [5, 5.41) is 18.7. The number of carbonyl (C=O) groups excluding carboxylic acids is 1. The highest BCUT2D eigenvalue weighted by Gasteiger charge is 2.18. The van der Waals surface area contributed by atoms with Gasteiger partial charge in [-0.2, -0.15) is 10.3 Å². The van der Waals surface area contributed by atoms with E-state index in [0.29, 0.717) is 18.5 Å². The number of hydrogen-bond acceptors (Lipinski definition) is 7. The second-order valence-corrected chi connectivity index (χ2v) is 7.04. The Morgan fingerprint density at radius 2 is 1.90 bits per heavy atom. The van der Waals surface area contributed by atoms with Gasteiger partial charge < -0.3 is 19.5 Å². The summed E-state index contributed by atoms with van der Waals surface area (Å²) >= 11 is 6.10. The SMILES string of the molecule is CN(C)C(=O)c1cc(OC2=NC(Oc3cc(C#N)ccc3Cl)=NCC2)cc(C(=O)O)c1. The Morgan fingerprint density at radius 3 is 2.58 bits per heavy atom. The van der Waals surface area contributed by atoms with E-state index in [2.05, 4.69) is 9.98 Å². The summed E-state index contributed by atoms with van der Waals surface area (Å²) in [7, 11) is 3.13. The second kappa shape index (κ2) is 9.28. The lowest BCUT2D eigenvalue weighted by molar-refractivity contribution is 0.0696. The van der Waals surface area contributed by atoms with E-state index < -0.39 is 5.97 Å². The minimum Gasteiger partial charge on any atom is -0.478 e. The number of benzene rings is 2. The molecule has 1 N–H and O–H groups in total. The van der Waals surface area contributed by atoms with Crippen LogP contribution in [0.25, 0.3) is 0 Å². The lowest BCUT2D eigenvalue weighted by Crippen LogP contribution is -2.23. The Labute approximate surface area is 182 Å². The number of hydrogen-bond donors (Lipinski definition) is 1. The Hall–Kier alpha value is -3.90. The molecule has 0 radical (unpaired) electrons. The second-order valence-electron chi connectivity index (χ2n) is 6.63. The molecule has 0 spiro atoms. The Bertz CT molecular complexity index is 1150. The number of carboxylic acid groups (broad SMARTS) is 1. The van der Waals surface area contributed by atoms with Crippen LogP contribution in [0, 0.1) is 11.3 Å². The average molecular weight is 441 g/mol. The van der Waals surface area contributed by atoms with E-state index in [1.165, 1.54) is 35.2 Å². The molecular formula is C21H17ClN4O5. The van der Waals surface area contributed by atoms with Crippen molar-refractivity contribution in [1.29, 1.82) is 5.26 Å². The van der Waals surface area contributed by atoms with Crippen molar-refractivity contribution >= 4 is 35.4 Å². The van der Waals surface area contributed by atoms with Crippen molar-refractivity contribution in [3.63, 3.8) is 0 Å². The van der Waals surface area contributed by atoms with Crippen LogP contribution in [0.2, 0.25) is 5.02 Å². The predicted octanol–water partition coefficient (Wildman–Crippen LogP) is 3.23. The summed E-state index contributed by atoms with van der Waals surface area (Å²) in [5.41, 5.74) is 0.436. The van der Waals surface area contributed by atoms with Gasteiger partial charge in [0.2, 0.25) is 5.90 Å². The monoisotopic (exact) mass is 440 g/mol. The molecule has 3 rings (SSSR count). The number of carboxylic acids is 1. The molecule has 1 aliphatic heterocycles. The van der Waals surface area contributed by atoms with E-state index in [1.807, 2.05) is 6.07 Å². The van der Waals surface area contributed by atoms with Crippen LogP contribution in [0.3, 0.4) is 0 Å². The molecule has 31 heavy (non-hydrogen) atoms. The fourth-order valence-corrected chi connectivity index (χ4v) is 2.78. The third kappa shape index (κ3) is 5.38. The highest BCUT2D eigenvalue weighted by molar-refractivity contribution is 6.32. The van der Waals surface area contributed by atoms with Crippen LogP contribution in [0.15, 0.2) is 46.4 Å². The molecule has 0 unspecified atom stereocenters. The highest BCUT2D eigenvalue weighted by Crippen LogP contribution is 2.26. The van der Waals surface area contributed by atoms with Crippen molar-refractivity contribution in [2.45, 2.75) is 6.42 Å². The Morgan fingerprint density at radius 1 is 1.16 bits per heavy atom. The number of rotatable bonds is 4. The van der Waals surface area contributed by atoms with Crippen LogP contribution < -0.4 is 9.47 Å². The average Bonchev–Trinajstić information content (AvgIpc) is 2.74. The number of amides is 1. The van der Waals surface area contributed by atoms with Gasteiger partial charge in [-0.1, -0.05) is 11.6 Å². The largest absolute Gasteiger partial charge is 0.478 e. The quantitative estimate of drug-likeness (QED) is 0.778. The summed E-state index contributed by atoms with van der Waals surface area (Å²) in [4.78, 5) is 33.4. The van der Waals surface area contributed by atoms with Crippen molar-refractivity contribution in [2.75, 3.05) is 20.6 Å². The van der Waals surface area contributed by atoms with E-state index in [-0.39, 0.29) is 45.5 Å². The summed E-state index contributed by atoms with van der Waals surface area (Å²) in [6.07, 6.45) is 0.340. The van der Waals surface area contributed by atoms with E-state index >= 15 is 0 Å². The summed E-state index contributed by atoms with van der Waals surface area (Å²) < 4.78 is 11.3. The molecule has 0 bridgehead atoms. The molecule has 1 amide bonds. The zero-order chi connectivity index (χ0) is 22.5. The molecule has 1 heterocycles. The molecule has 0 saturated carbocycles. The molecule has 0 atom stereocenters. The standard InChI is InChI=1S/C21H17ClN4O5/c1-26(2)19(27)13-8-14(20(28)29)10-15(9-13)30-18-5-6-24-21(25-18)31-17-7-12(11-23)3-4-16(17)22/h3-4,7-10H,5-6H2,1-2H3,(H,28,29). The van der Waals surface area contributed by atoms with Crippen LogP contribution in [-0.4, -0.2) is 54.4 Å². The highest BCUT2D eigenvalue weighted by atomic mass is 35.5. The van der Waals surface area contributed by atoms with Crippen LogP contribution >= 0.6 is 11.6 Å². The van der Waals surface area contributed by atoms with Gasteiger partial charge in [0, 0.05) is 32.1 Å². The lowest BCUT2D eigenvalue weighted by Gasteiger charge is -2.16. The van der Waals surface area contributed by atoms with E-state index in [1.54, 1.807) is 20.2 Å². The first-order valence-corrected chi connectivity index (χ1v) is 9.42. The van der Waals surface area contributed by atoms with Crippen LogP contribution in [0.1, 0.15) is 32.7 Å². The number of halogens is 1. The van der Waals surface area contributed by atoms with Gasteiger partial charge >= 0.3 is 12.0 Å². The number of aromatic carboxylic acids is 1. The maximum Gasteiger partial charge on any atom is 0.335 e. The number of nitrogens with zero attached hydrogens (tertiary/aromatic N) is 4. The summed E-state index contributed by atoms with van der Waals surface area (Å²) in [6.45, 7) is 0.311. The Balaban J connectivity index is 1.85. The molecule has 9 nitrogen and oxygen atoms in total. The topological polar surface area (TPSA) is 125 Å². The summed E-state index contributed by atoms with van der Waals surface area (Å²) in [5.74, 6) is -0.966. The fourth-order valence-electron chi connectivity index (χ4n) is 2.62. The van der Waals surface area contributed by atoms with Gasteiger partial charge in [-0.05, 0) is 30.3 Å². The molecule has 2 aromatic carbocycles. The zero-order valence-corrected chi connectivity index (χ0v) is 17.4. The Kier molecular flexibility index (Phi) is 6.52. The number of amidine groups is 1. The molecule has 0 saturated heterocycles. The van der Waals surface area contributed by atoms with Gasteiger partial charge in [-0.25, -0.2) is 9.79 Å². The van der Waals surface area contributed by atoms with Gasteiger partial charge in [0.05, 0.1) is 28.8 Å². The first-order chi connectivity index (χ1) is 14.8. The van der Waals surface area contributed by atoms with Crippen LogP contribution in [-0.2, 0) is 0 Å². The third-order valence-electron chi connectivity index (χ3n) is 4.10. The lowest BCUT2D eigenvalue weighted by atomic mass is 10.1. The van der Waals surface area contributed by atoms with Gasteiger partial charge in [0.1, 0.15) is 5.75 Å². The van der Waals surface area contributed by atoms with Gasteiger partial charge in [0.15, 0.2) is 5.75 Å². The summed E-state index contributed by atoms with van der Waals surface area (Å²) in [6, 6.07) is 10.5. The number of carbonyl (C=O) groups is 2. The van der Waals surface area contributed by atoms with E-state index in [4.69, 9.17) is 26.3 Å². The minimum atomic E-state index is -1.19. The number of nitriles is 1. The predicted molar refractivity (Wildman–Crippen MR) is 113 cm³/mol. The molecule has 0 aliphatic carbocycles. The van der Waals surface area contributed by atoms with Crippen molar-refractivity contribution in [3.05, 3.63) is 58.1 Å². The van der Waals surface area contributed by atoms with E-state index in [0.717, 1.165) is 0 Å². The molecule has 0 aromatic heterocycles. The smallest absolute Gasteiger partial charge is 0.335 e. The van der Waals surface area contributed by atoms with Gasteiger partial charge in [-0.3, -0.25) is 4.79 Å². The van der Waals surface area contributed by atoms with Crippen molar-refractivity contribution in [2.24, 2.45) is 9.98 Å². The van der Waals surface area contributed by atoms with Crippen molar-refractivity contribution in [1.82, 2.24) is 4.90 Å². The molecule has 10 heteroatoms. The molecule has 1 aliphatic rings. The first-order valence-electron chi connectivity index (χ1n) is 9.04. The van der Waals surface area contributed by atoms with Gasteiger partial charge in [0.25, 0.3) is 5.91 Å².